The van der Waals surface area contributed by atoms with Crippen molar-refractivity contribution in [3.8, 4) is 0 Å². The lowest BCUT2D eigenvalue weighted by molar-refractivity contribution is -0.473. The lowest BCUT2D eigenvalue weighted by Gasteiger charge is -2.13. The van der Waals surface area contributed by atoms with E-state index in [4.69, 9.17) is 5.53 Å². The van der Waals surface area contributed by atoms with Crippen molar-refractivity contribution in [2.45, 2.75) is 19.4 Å². The maximum Gasteiger partial charge on any atom is 0.475 e. The molecule has 1 N–H and O–H groups in total. The highest BCUT2D eigenvalue weighted by molar-refractivity contribution is 5.76. The number of carbonyl (C=O) groups excluding carboxylic acids is 1. The van der Waals surface area contributed by atoms with Gasteiger partial charge in [-0.3, -0.25) is 4.79 Å². The fourth-order valence-electron chi connectivity index (χ4n) is 1.66. The van der Waals surface area contributed by atoms with E-state index in [-0.39, 0.29) is 23.3 Å². The van der Waals surface area contributed by atoms with Gasteiger partial charge in [0, 0.05) is 18.2 Å². The molecule has 0 unspecified atom stereocenters. The van der Waals surface area contributed by atoms with Crippen LogP contribution < -0.4 is 0 Å². The van der Waals surface area contributed by atoms with Gasteiger partial charge >= 0.3 is 5.95 Å². The van der Waals surface area contributed by atoms with Crippen molar-refractivity contribution in [1.82, 2.24) is 19.7 Å². The second kappa shape index (κ2) is 4.25. The normalized spacial score (nSPS) is 15.4. The molecule has 0 bridgehead atoms. The van der Waals surface area contributed by atoms with E-state index in [0.29, 0.717) is 0 Å². The number of rotatable bonds is 3. The summed E-state index contributed by atoms with van der Waals surface area (Å²) in [7, 11) is 0. The molecule has 0 aromatic carbocycles. The first-order valence-electron chi connectivity index (χ1n) is 5.02. The van der Waals surface area contributed by atoms with E-state index >= 15 is 0 Å². The maximum atomic E-state index is 11.7. The van der Waals surface area contributed by atoms with Gasteiger partial charge < -0.3 is 10.1 Å². The molecule has 0 spiro atoms. The SMILES string of the molecule is N=[N+]([O-])c1ncn(CC(=O)N2CCCC2)n1. The van der Waals surface area contributed by atoms with Crippen LogP contribution in [0.5, 0.6) is 0 Å². The molecule has 1 aromatic heterocycles. The van der Waals surface area contributed by atoms with E-state index in [9.17, 15) is 10.0 Å². The highest BCUT2D eigenvalue weighted by Crippen LogP contribution is 2.08. The Morgan fingerprint density at radius 2 is 2.25 bits per heavy atom. The molecule has 1 aromatic rings. The first kappa shape index (κ1) is 10.5. The van der Waals surface area contributed by atoms with Gasteiger partial charge in [-0.2, -0.15) is 10.2 Å². The molecule has 1 aliphatic rings. The summed E-state index contributed by atoms with van der Waals surface area (Å²) in [5, 5.41) is 14.3. The zero-order valence-electron chi connectivity index (χ0n) is 8.67. The average molecular weight is 224 g/mol. The maximum absolute atomic E-state index is 11.7. The topological polar surface area (TPSA) is 101 Å². The molecular formula is C8H12N6O2. The minimum Gasteiger partial charge on any atom is -0.722 e. The van der Waals surface area contributed by atoms with E-state index in [1.165, 1.54) is 11.0 Å². The molecule has 1 aliphatic heterocycles. The van der Waals surface area contributed by atoms with Crippen molar-refractivity contribution in [3.63, 3.8) is 0 Å². The van der Waals surface area contributed by atoms with E-state index < -0.39 is 0 Å². The summed E-state index contributed by atoms with van der Waals surface area (Å²) in [5.74, 6) is -0.286. The van der Waals surface area contributed by atoms with Crippen LogP contribution in [0.3, 0.4) is 0 Å². The molecule has 1 saturated heterocycles. The number of hydrogen-bond acceptors (Lipinski definition) is 5. The van der Waals surface area contributed by atoms with E-state index in [0.717, 1.165) is 25.9 Å². The van der Waals surface area contributed by atoms with Crippen LogP contribution in [0.25, 0.3) is 0 Å². The minimum absolute atomic E-state index is 0.0311. The lowest BCUT2D eigenvalue weighted by atomic mass is 10.4. The second-order valence-corrected chi connectivity index (χ2v) is 3.62. The van der Waals surface area contributed by atoms with Crippen LogP contribution in [-0.4, -0.2) is 43.5 Å². The van der Waals surface area contributed by atoms with Gasteiger partial charge in [-0.15, -0.1) is 4.86 Å². The van der Waals surface area contributed by atoms with Crippen molar-refractivity contribution in [2.24, 2.45) is 0 Å². The lowest BCUT2D eigenvalue weighted by Crippen LogP contribution is -2.31. The van der Waals surface area contributed by atoms with Crippen molar-refractivity contribution >= 4 is 11.9 Å². The predicted molar refractivity (Wildman–Crippen MR) is 51.8 cm³/mol. The Balaban J connectivity index is 1.97. The van der Waals surface area contributed by atoms with Crippen LogP contribution in [0, 0.1) is 10.7 Å². The largest absolute Gasteiger partial charge is 0.722 e. The Morgan fingerprint density at radius 3 is 2.81 bits per heavy atom. The molecule has 2 heterocycles. The molecule has 0 saturated carbocycles. The molecule has 8 heteroatoms. The third-order valence-electron chi connectivity index (χ3n) is 2.46. The van der Waals surface area contributed by atoms with Crippen LogP contribution in [0.1, 0.15) is 12.8 Å². The van der Waals surface area contributed by atoms with Crippen LogP contribution in [0.2, 0.25) is 0 Å². The zero-order valence-corrected chi connectivity index (χ0v) is 8.67. The predicted octanol–water partition coefficient (Wildman–Crippen LogP) is 0.0733. The molecule has 86 valence electrons. The van der Waals surface area contributed by atoms with Gasteiger partial charge in [0.15, 0.2) is 0 Å². The Kier molecular flexibility index (Phi) is 2.80. The number of likely N-dealkylation sites (tertiary alicyclic amines) is 1. The van der Waals surface area contributed by atoms with Crippen LogP contribution in [0.4, 0.5) is 5.95 Å². The van der Waals surface area contributed by atoms with Gasteiger partial charge in [0.2, 0.25) is 12.2 Å². The molecule has 0 aliphatic carbocycles. The Hall–Kier alpha value is -1.99. The Bertz CT molecular complexity index is 408. The summed E-state index contributed by atoms with van der Waals surface area (Å²) in [5.41, 5.74) is 6.73. The first-order valence-corrected chi connectivity index (χ1v) is 5.02. The third-order valence-corrected chi connectivity index (χ3v) is 2.46. The summed E-state index contributed by atoms with van der Waals surface area (Å²) < 4.78 is 1.27. The number of nitrogens with one attached hydrogen (secondary N) is 1. The molecule has 1 amide bonds. The van der Waals surface area contributed by atoms with Gasteiger partial charge in [-0.1, -0.05) is 4.98 Å². The molecule has 16 heavy (non-hydrogen) atoms. The van der Waals surface area contributed by atoms with Crippen LogP contribution >= 0.6 is 0 Å². The van der Waals surface area contributed by atoms with E-state index in [1.54, 1.807) is 4.90 Å². The van der Waals surface area contributed by atoms with Gasteiger partial charge in [0.25, 0.3) is 0 Å². The molecule has 0 radical (unpaired) electrons. The second-order valence-electron chi connectivity index (χ2n) is 3.62. The first-order chi connectivity index (χ1) is 7.66. The average Bonchev–Trinajstić information content (AvgIpc) is 2.87. The molecule has 8 nitrogen and oxygen atoms in total. The summed E-state index contributed by atoms with van der Waals surface area (Å²) in [4.78, 5) is 16.9. The van der Waals surface area contributed by atoms with Crippen LogP contribution in [0.15, 0.2) is 6.33 Å². The highest BCUT2D eigenvalue weighted by Gasteiger charge is 2.20. The fourth-order valence-corrected chi connectivity index (χ4v) is 1.66. The van der Waals surface area contributed by atoms with Crippen LogP contribution in [-0.2, 0) is 11.3 Å². The van der Waals surface area contributed by atoms with Gasteiger partial charge in [-0.05, 0) is 12.8 Å². The van der Waals surface area contributed by atoms with Gasteiger partial charge in [-0.25, -0.2) is 0 Å². The molecule has 1 fully saturated rings. The Morgan fingerprint density at radius 1 is 1.56 bits per heavy atom. The number of aromatic nitrogens is 3. The standard InChI is InChI=1S/C8H12N6O2/c9-14(16)8-10-6-13(11-8)5-7(15)12-3-1-2-4-12/h6,9H,1-5H2. The molecule has 2 rings (SSSR count). The number of carbonyl (C=O) groups is 1. The summed E-state index contributed by atoms with van der Waals surface area (Å²) in [6, 6.07) is 0. The van der Waals surface area contributed by atoms with Crippen molar-refractivity contribution in [2.75, 3.05) is 13.1 Å². The minimum atomic E-state index is -0.255. The zero-order chi connectivity index (χ0) is 11.5. The summed E-state index contributed by atoms with van der Waals surface area (Å²) in [6.07, 6.45) is 3.35. The number of amides is 1. The third kappa shape index (κ3) is 2.15. The Labute approximate surface area is 91.6 Å². The molecule has 0 atom stereocenters. The van der Waals surface area contributed by atoms with Crippen molar-refractivity contribution < 1.29 is 9.66 Å². The number of nitrogens with zero attached hydrogens (tertiary/aromatic N) is 5. The van der Waals surface area contributed by atoms with E-state index in [1.807, 2.05) is 0 Å². The van der Waals surface area contributed by atoms with Gasteiger partial charge in [0.1, 0.15) is 6.54 Å². The quantitative estimate of drug-likeness (QED) is 0.446. The number of hydrogen-bond donors (Lipinski definition) is 1. The smallest absolute Gasteiger partial charge is 0.475 e. The summed E-state index contributed by atoms with van der Waals surface area (Å²) >= 11 is 0. The molecular weight excluding hydrogens is 212 g/mol. The van der Waals surface area contributed by atoms with Gasteiger partial charge in [0.05, 0.1) is 0 Å². The summed E-state index contributed by atoms with van der Waals surface area (Å²) in [6.45, 7) is 1.64. The van der Waals surface area contributed by atoms with E-state index in [2.05, 4.69) is 10.1 Å². The van der Waals surface area contributed by atoms with Crippen molar-refractivity contribution in [1.29, 1.82) is 5.53 Å². The fraction of sp³-hybridized carbons (Fsp3) is 0.625. The monoisotopic (exact) mass is 224 g/mol. The highest BCUT2D eigenvalue weighted by atomic mass is 16.5. The van der Waals surface area contributed by atoms with Crippen molar-refractivity contribution in [3.05, 3.63) is 11.5 Å².